The maximum absolute atomic E-state index is 13.0. The first-order valence-electron chi connectivity index (χ1n) is 14.0. The highest BCUT2D eigenvalue weighted by molar-refractivity contribution is 5.92. The van der Waals surface area contributed by atoms with Crippen molar-refractivity contribution in [3.63, 3.8) is 0 Å². The molecule has 1 saturated heterocycles. The molecule has 1 aromatic heterocycles. The lowest BCUT2D eigenvalue weighted by Crippen LogP contribution is -2.39. The first-order chi connectivity index (χ1) is 18.5. The normalized spacial score (nSPS) is 22.3. The number of hydrogen-bond donors (Lipinski definition) is 2. The number of carbonyl (C=O) groups is 2. The summed E-state index contributed by atoms with van der Waals surface area (Å²) in [6, 6.07) is 21.1. The molecule has 2 amide bonds. The summed E-state index contributed by atoms with van der Waals surface area (Å²) in [7, 11) is 0. The molecule has 0 bridgehead atoms. The summed E-state index contributed by atoms with van der Waals surface area (Å²) < 4.78 is 0. The zero-order valence-corrected chi connectivity index (χ0v) is 21.9. The second-order valence-corrected chi connectivity index (χ2v) is 11.3. The lowest BCUT2D eigenvalue weighted by Gasteiger charge is -2.34. The smallest absolute Gasteiger partial charge is 0.225 e. The first-order valence-corrected chi connectivity index (χ1v) is 14.0. The van der Waals surface area contributed by atoms with Crippen molar-refractivity contribution in [3.05, 3.63) is 72.4 Å². The summed E-state index contributed by atoms with van der Waals surface area (Å²) >= 11 is 0. The Kier molecular flexibility index (Phi) is 6.75. The number of pyridine rings is 1. The number of aromatic nitrogens is 1. The van der Waals surface area contributed by atoms with Crippen molar-refractivity contribution in [2.24, 2.45) is 11.7 Å². The molecule has 196 valence electrons. The van der Waals surface area contributed by atoms with E-state index in [4.69, 9.17) is 5.73 Å². The zero-order valence-electron chi connectivity index (χ0n) is 21.9. The Balaban J connectivity index is 1.15. The van der Waals surface area contributed by atoms with Crippen molar-refractivity contribution >= 4 is 17.6 Å². The molecule has 6 heteroatoms. The minimum absolute atomic E-state index is 0.00647. The van der Waals surface area contributed by atoms with E-state index in [-0.39, 0.29) is 11.4 Å². The summed E-state index contributed by atoms with van der Waals surface area (Å²) in [4.78, 5) is 31.8. The van der Waals surface area contributed by atoms with Gasteiger partial charge in [-0.25, -0.2) is 4.98 Å². The molecule has 2 heterocycles. The van der Waals surface area contributed by atoms with Crippen molar-refractivity contribution in [3.8, 4) is 22.3 Å². The molecule has 6 rings (SSSR count). The maximum Gasteiger partial charge on any atom is 0.225 e. The van der Waals surface area contributed by atoms with Gasteiger partial charge in [0.05, 0.1) is 0 Å². The average molecular weight is 509 g/mol. The van der Waals surface area contributed by atoms with Crippen LogP contribution in [0.5, 0.6) is 0 Å². The lowest BCUT2D eigenvalue weighted by molar-refractivity contribution is -0.130. The van der Waals surface area contributed by atoms with Gasteiger partial charge in [0.2, 0.25) is 11.8 Å². The molecule has 0 spiro atoms. The molecule has 38 heavy (non-hydrogen) atoms. The van der Waals surface area contributed by atoms with Gasteiger partial charge in [0.1, 0.15) is 5.82 Å². The molecule has 0 unspecified atom stereocenters. The van der Waals surface area contributed by atoms with Gasteiger partial charge in [0.15, 0.2) is 0 Å². The minimum Gasteiger partial charge on any atom is -0.340 e. The number of anilines is 1. The van der Waals surface area contributed by atoms with Gasteiger partial charge in [0.25, 0.3) is 0 Å². The summed E-state index contributed by atoms with van der Waals surface area (Å²) in [5, 5.41) is 3.06. The second kappa shape index (κ2) is 10.3. The second-order valence-electron chi connectivity index (χ2n) is 11.3. The lowest BCUT2D eigenvalue weighted by atomic mass is 9.83. The Hall–Kier alpha value is -3.51. The van der Waals surface area contributed by atoms with E-state index in [1.807, 2.05) is 30.5 Å². The predicted molar refractivity (Wildman–Crippen MR) is 150 cm³/mol. The third-order valence-electron chi connectivity index (χ3n) is 8.66. The molecule has 3 aromatic rings. The number of nitrogens with one attached hydrogen (secondary N) is 1. The van der Waals surface area contributed by atoms with Crippen LogP contribution in [0.25, 0.3) is 22.3 Å². The van der Waals surface area contributed by atoms with Gasteiger partial charge >= 0.3 is 0 Å². The standard InChI is InChI=1S/C32H36N4O2/c33-32(16-17-32)25-12-10-24(11-13-25)28-21-34-29(20-27(28)23-5-2-1-3-6-23)35-30(37)19-22-8-14-26(15-9-22)36-18-4-7-31(36)38/h1-3,5-6,10-13,20-22,26H,4,7-9,14-19,33H2,(H,34,35,37)/t22-,26-. The van der Waals surface area contributed by atoms with Crippen molar-refractivity contribution in [2.75, 3.05) is 11.9 Å². The van der Waals surface area contributed by atoms with Crippen molar-refractivity contribution in [1.82, 2.24) is 9.88 Å². The van der Waals surface area contributed by atoms with E-state index < -0.39 is 0 Å². The van der Waals surface area contributed by atoms with Crippen LogP contribution in [0, 0.1) is 5.92 Å². The number of amides is 2. The van der Waals surface area contributed by atoms with Crippen LogP contribution in [-0.4, -0.2) is 34.3 Å². The van der Waals surface area contributed by atoms with Crippen LogP contribution < -0.4 is 11.1 Å². The molecule has 6 nitrogen and oxygen atoms in total. The molecule has 3 N–H and O–H groups in total. The topological polar surface area (TPSA) is 88.3 Å². The Morgan fingerprint density at radius 1 is 0.974 bits per heavy atom. The van der Waals surface area contributed by atoms with Crippen molar-refractivity contribution in [2.45, 2.75) is 69.4 Å². The van der Waals surface area contributed by atoms with Gasteiger partial charge in [0, 0.05) is 42.7 Å². The summed E-state index contributed by atoms with van der Waals surface area (Å²) in [6.07, 6.45) is 10.1. The largest absolute Gasteiger partial charge is 0.340 e. The van der Waals surface area contributed by atoms with Gasteiger partial charge < -0.3 is 16.0 Å². The fourth-order valence-electron chi connectivity index (χ4n) is 6.19. The highest BCUT2D eigenvalue weighted by Gasteiger charge is 2.39. The molecule has 0 atom stereocenters. The van der Waals surface area contributed by atoms with Gasteiger partial charge in [-0.15, -0.1) is 0 Å². The Labute approximate surface area is 224 Å². The van der Waals surface area contributed by atoms with Gasteiger partial charge in [-0.3, -0.25) is 9.59 Å². The van der Waals surface area contributed by atoms with Crippen LogP contribution in [0.4, 0.5) is 5.82 Å². The number of hydrogen-bond acceptors (Lipinski definition) is 4. The van der Waals surface area contributed by atoms with E-state index in [1.54, 1.807) is 0 Å². The van der Waals surface area contributed by atoms with Crippen LogP contribution >= 0.6 is 0 Å². The molecule has 2 aliphatic carbocycles. The minimum atomic E-state index is -0.155. The van der Waals surface area contributed by atoms with E-state index in [0.717, 1.165) is 73.7 Å². The van der Waals surface area contributed by atoms with Gasteiger partial charge in [-0.05, 0) is 79.2 Å². The van der Waals surface area contributed by atoms with E-state index in [2.05, 4.69) is 51.6 Å². The van der Waals surface area contributed by atoms with Crippen LogP contribution in [0.2, 0.25) is 0 Å². The summed E-state index contributed by atoms with van der Waals surface area (Å²) in [5.74, 6) is 1.24. The quantitative estimate of drug-likeness (QED) is 0.418. The third-order valence-corrected chi connectivity index (χ3v) is 8.66. The fraction of sp³-hybridized carbons (Fsp3) is 0.406. The number of nitrogens with zero attached hydrogens (tertiary/aromatic N) is 2. The van der Waals surface area contributed by atoms with Crippen molar-refractivity contribution in [1.29, 1.82) is 0 Å². The summed E-state index contributed by atoms with van der Waals surface area (Å²) in [5.41, 5.74) is 11.6. The van der Waals surface area contributed by atoms with E-state index in [1.165, 1.54) is 5.56 Å². The zero-order chi connectivity index (χ0) is 26.1. The van der Waals surface area contributed by atoms with Crippen molar-refractivity contribution < 1.29 is 9.59 Å². The number of benzene rings is 2. The van der Waals surface area contributed by atoms with Crippen LogP contribution in [0.15, 0.2) is 66.9 Å². The number of likely N-dealkylation sites (tertiary alicyclic amines) is 1. The number of nitrogens with two attached hydrogens (primary N) is 1. The van der Waals surface area contributed by atoms with Gasteiger partial charge in [-0.1, -0.05) is 54.6 Å². The molecule has 3 aliphatic rings. The molecule has 0 radical (unpaired) electrons. The highest BCUT2D eigenvalue weighted by Crippen LogP contribution is 2.43. The predicted octanol–water partition coefficient (Wildman–Crippen LogP) is 5.87. The summed E-state index contributed by atoms with van der Waals surface area (Å²) in [6.45, 7) is 0.901. The SMILES string of the molecule is NC1(c2ccc(-c3cnc(NC(=O)C[C@H]4CC[C@H](N5CCCC5=O)CC4)cc3-c3ccccc3)cc2)CC1. The molecular weight excluding hydrogens is 472 g/mol. The van der Waals surface area contributed by atoms with Crippen LogP contribution in [0.3, 0.4) is 0 Å². The monoisotopic (exact) mass is 508 g/mol. The number of rotatable bonds is 7. The van der Waals surface area contributed by atoms with E-state index in [9.17, 15) is 9.59 Å². The first kappa shape index (κ1) is 24.8. The fourth-order valence-corrected chi connectivity index (χ4v) is 6.19. The Morgan fingerprint density at radius 3 is 2.34 bits per heavy atom. The van der Waals surface area contributed by atoms with Crippen LogP contribution in [-0.2, 0) is 15.1 Å². The third kappa shape index (κ3) is 5.23. The highest BCUT2D eigenvalue weighted by atomic mass is 16.2. The molecular formula is C32H36N4O2. The molecule has 2 aromatic carbocycles. The molecule has 1 aliphatic heterocycles. The Bertz CT molecular complexity index is 1310. The van der Waals surface area contributed by atoms with E-state index in [0.29, 0.717) is 36.5 Å². The number of carbonyl (C=O) groups excluding carboxylic acids is 2. The Morgan fingerprint density at radius 2 is 1.68 bits per heavy atom. The molecule has 2 saturated carbocycles. The average Bonchev–Trinajstić information content (AvgIpc) is 3.56. The van der Waals surface area contributed by atoms with Gasteiger partial charge in [-0.2, -0.15) is 0 Å². The molecule has 3 fully saturated rings. The van der Waals surface area contributed by atoms with E-state index >= 15 is 0 Å². The maximum atomic E-state index is 13.0. The van der Waals surface area contributed by atoms with Crippen LogP contribution in [0.1, 0.15) is 63.4 Å².